The van der Waals surface area contributed by atoms with E-state index in [0.717, 1.165) is 17.7 Å². The molecule has 29 heavy (non-hydrogen) atoms. The molecule has 1 fully saturated rings. The molecule has 0 aliphatic carbocycles. The molecule has 3 rings (SSSR count). The van der Waals surface area contributed by atoms with Crippen LogP contribution in [0.4, 0.5) is 0 Å². The molecule has 1 saturated heterocycles. The lowest BCUT2D eigenvalue weighted by Crippen LogP contribution is -2.42. The molecule has 1 aliphatic heterocycles. The van der Waals surface area contributed by atoms with Crippen LogP contribution in [0.5, 0.6) is 5.75 Å². The molecule has 1 aromatic carbocycles. The second kappa shape index (κ2) is 9.56. The summed E-state index contributed by atoms with van der Waals surface area (Å²) in [5.41, 5.74) is 0.941. The Morgan fingerprint density at radius 2 is 1.97 bits per heavy atom. The van der Waals surface area contributed by atoms with Crippen LogP contribution in [-0.4, -0.2) is 60.9 Å². The van der Waals surface area contributed by atoms with Crippen molar-refractivity contribution in [1.82, 2.24) is 9.80 Å². The van der Waals surface area contributed by atoms with Gasteiger partial charge in [0.1, 0.15) is 11.8 Å². The third-order valence-electron chi connectivity index (χ3n) is 4.86. The fourth-order valence-corrected chi connectivity index (χ4v) is 3.91. The van der Waals surface area contributed by atoms with Crippen LogP contribution < -0.4 is 4.74 Å². The highest BCUT2D eigenvalue weighted by molar-refractivity contribution is 7.12. The Kier molecular flexibility index (Phi) is 6.87. The molecule has 0 radical (unpaired) electrons. The van der Waals surface area contributed by atoms with E-state index in [2.05, 4.69) is 0 Å². The first-order valence-electron chi connectivity index (χ1n) is 9.37. The number of amides is 2. The van der Waals surface area contributed by atoms with E-state index in [1.54, 1.807) is 31.2 Å². The monoisotopic (exact) mass is 416 g/mol. The molecule has 2 heterocycles. The summed E-state index contributed by atoms with van der Waals surface area (Å²) in [6.07, 6.45) is 1.29. The van der Waals surface area contributed by atoms with Gasteiger partial charge in [-0.05, 0) is 42.0 Å². The summed E-state index contributed by atoms with van der Waals surface area (Å²) in [5, 5.41) is 1.83. The first-order chi connectivity index (χ1) is 14.0. The molecule has 1 atom stereocenters. The van der Waals surface area contributed by atoms with E-state index in [-0.39, 0.29) is 18.4 Å². The average Bonchev–Trinajstić information content (AvgIpc) is 3.44. The Bertz CT molecular complexity index is 850. The number of carbonyl (C=O) groups excluding carboxylic acids is 3. The Balaban J connectivity index is 1.50. The standard InChI is InChI=1S/C21H24N2O5S/c1-22(13-15-7-9-16(27-2)10-8-15)19(24)14-28-21(26)17-5-3-11-23(17)20(25)18-6-4-12-29-18/h4,6-10,12,17H,3,5,11,13-14H2,1-2H3/t17-/m1/s1. The summed E-state index contributed by atoms with van der Waals surface area (Å²) in [6.45, 7) is 0.567. The van der Waals surface area contributed by atoms with Gasteiger partial charge in [0.05, 0.1) is 12.0 Å². The predicted molar refractivity (Wildman–Crippen MR) is 109 cm³/mol. The lowest BCUT2D eigenvalue weighted by Gasteiger charge is -2.23. The van der Waals surface area contributed by atoms with Crippen LogP contribution in [0.1, 0.15) is 28.1 Å². The Morgan fingerprint density at radius 1 is 1.21 bits per heavy atom. The van der Waals surface area contributed by atoms with Gasteiger partial charge in [-0.3, -0.25) is 9.59 Å². The van der Waals surface area contributed by atoms with Gasteiger partial charge in [0.2, 0.25) is 0 Å². The van der Waals surface area contributed by atoms with Crippen LogP contribution in [0.2, 0.25) is 0 Å². The third-order valence-corrected chi connectivity index (χ3v) is 5.72. The maximum Gasteiger partial charge on any atom is 0.329 e. The number of carbonyl (C=O) groups is 3. The van der Waals surface area contributed by atoms with Gasteiger partial charge >= 0.3 is 5.97 Å². The molecular weight excluding hydrogens is 392 g/mol. The van der Waals surface area contributed by atoms with E-state index in [4.69, 9.17) is 9.47 Å². The lowest BCUT2D eigenvalue weighted by molar-refractivity contribution is -0.154. The van der Waals surface area contributed by atoms with E-state index in [9.17, 15) is 14.4 Å². The van der Waals surface area contributed by atoms with E-state index in [0.29, 0.717) is 24.4 Å². The molecule has 2 amide bonds. The maximum absolute atomic E-state index is 12.6. The molecule has 1 aromatic heterocycles. The van der Waals surface area contributed by atoms with Crippen LogP contribution in [-0.2, 0) is 20.9 Å². The zero-order valence-corrected chi connectivity index (χ0v) is 17.3. The summed E-state index contributed by atoms with van der Waals surface area (Å²) in [7, 11) is 3.25. The molecule has 0 unspecified atom stereocenters. The minimum absolute atomic E-state index is 0.164. The van der Waals surface area contributed by atoms with Crippen molar-refractivity contribution in [3.05, 3.63) is 52.2 Å². The Morgan fingerprint density at radius 3 is 2.62 bits per heavy atom. The largest absolute Gasteiger partial charge is 0.497 e. The van der Waals surface area contributed by atoms with Gasteiger partial charge in [-0.1, -0.05) is 18.2 Å². The molecular formula is C21H24N2O5S. The molecule has 7 nitrogen and oxygen atoms in total. The van der Waals surface area contributed by atoms with Gasteiger partial charge in [-0.2, -0.15) is 0 Å². The smallest absolute Gasteiger partial charge is 0.329 e. The minimum atomic E-state index is -0.635. The Labute approximate surface area is 173 Å². The van der Waals surface area contributed by atoms with Crippen LogP contribution in [0.15, 0.2) is 41.8 Å². The molecule has 8 heteroatoms. The van der Waals surface area contributed by atoms with Crippen LogP contribution in [0, 0.1) is 0 Å². The minimum Gasteiger partial charge on any atom is -0.497 e. The summed E-state index contributed by atoms with van der Waals surface area (Å²) >= 11 is 1.34. The van der Waals surface area contributed by atoms with Crippen molar-refractivity contribution in [2.75, 3.05) is 27.3 Å². The van der Waals surface area contributed by atoms with Crippen molar-refractivity contribution in [3.63, 3.8) is 0 Å². The molecule has 0 bridgehead atoms. The molecule has 1 aliphatic rings. The molecule has 154 valence electrons. The summed E-state index contributed by atoms with van der Waals surface area (Å²) < 4.78 is 10.4. The topological polar surface area (TPSA) is 76.2 Å². The number of nitrogens with zero attached hydrogens (tertiary/aromatic N) is 2. The Hall–Kier alpha value is -2.87. The normalized spacial score (nSPS) is 15.8. The number of hydrogen-bond donors (Lipinski definition) is 0. The number of rotatable bonds is 7. The van der Waals surface area contributed by atoms with Crippen LogP contribution in [0.25, 0.3) is 0 Å². The van der Waals surface area contributed by atoms with Gasteiger partial charge in [-0.15, -0.1) is 11.3 Å². The fourth-order valence-electron chi connectivity index (χ4n) is 3.23. The molecule has 0 saturated carbocycles. The van der Waals surface area contributed by atoms with Gasteiger partial charge in [0, 0.05) is 20.1 Å². The summed E-state index contributed by atoms with van der Waals surface area (Å²) in [5.74, 6) is -0.251. The lowest BCUT2D eigenvalue weighted by atomic mass is 10.2. The van der Waals surface area contributed by atoms with Crippen LogP contribution in [0.3, 0.4) is 0 Å². The first-order valence-corrected chi connectivity index (χ1v) is 10.3. The quantitative estimate of drug-likeness (QED) is 0.649. The summed E-state index contributed by atoms with van der Waals surface area (Å²) in [4.78, 5) is 41.0. The van der Waals surface area contributed by atoms with E-state index < -0.39 is 12.0 Å². The van der Waals surface area contributed by atoms with Gasteiger partial charge in [0.25, 0.3) is 11.8 Å². The van der Waals surface area contributed by atoms with E-state index in [1.807, 2.05) is 29.6 Å². The maximum atomic E-state index is 12.6. The number of methoxy groups -OCH3 is 1. The van der Waals surface area contributed by atoms with Crippen molar-refractivity contribution in [2.24, 2.45) is 0 Å². The highest BCUT2D eigenvalue weighted by atomic mass is 32.1. The number of esters is 1. The fraction of sp³-hybridized carbons (Fsp3) is 0.381. The zero-order chi connectivity index (χ0) is 20.8. The second-order valence-electron chi connectivity index (χ2n) is 6.84. The van der Waals surface area contributed by atoms with Crippen LogP contribution >= 0.6 is 11.3 Å². The summed E-state index contributed by atoms with van der Waals surface area (Å²) in [6, 6.07) is 10.3. The number of likely N-dealkylation sites (N-methyl/N-ethyl adjacent to an activating group) is 1. The van der Waals surface area contributed by atoms with E-state index >= 15 is 0 Å². The van der Waals surface area contributed by atoms with Crippen molar-refractivity contribution in [1.29, 1.82) is 0 Å². The number of benzene rings is 1. The van der Waals surface area contributed by atoms with Gasteiger partial charge in [0.15, 0.2) is 6.61 Å². The van der Waals surface area contributed by atoms with Crippen molar-refractivity contribution in [3.8, 4) is 5.75 Å². The third kappa shape index (κ3) is 5.14. The van der Waals surface area contributed by atoms with E-state index in [1.165, 1.54) is 16.2 Å². The molecule has 0 spiro atoms. The highest BCUT2D eigenvalue weighted by Crippen LogP contribution is 2.23. The van der Waals surface area contributed by atoms with Crippen molar-refractivity contribution in [2.45, 2.75) is 25.4 Å². The number of thiophene rings is 1. The SMILES string of the molecule is COc1ccc(CN(C)C(=O)COC(=O)[C@H]2CCCN2C(=O)c2cccs2)cc1. The predicted octanol–water partition coefficient (Wildman–Crippen LogP) is 2.56. The first kappa shape index (κ1) is 20.9. The van der Waals surface area contributed by atoms with Gasteiger partial charge < -0.3 is 19.3 Å². The average molecular weight is 416 g/mol. The van der Waals surface area contributed by atoms with Crippen molar-refractivity contribution >= 4 is 29.1 Å². The molecule has 0 N–H and O–H groups in total. The number of likely N-dealkylation sites (tertiary alicyclic amines) is 1. The number of ether oxygens (including phenoxy) is 2. The number of hydrogen-bond acceptors (Lipinski definition) is 6. The van der Waals surface area contributed by atoms with Crippen molar-refractivity contribution < 1.29 is 23.9 Å². The highest BCUT2D eigenvalue weighted by Gasteiger charge is 2.36. The van der Waals surface area contributed by atoms with Gasteiger partial charge in [-0.25, -0.2) is 4.79 Å². The second-order valence-corrected chi connectivity index (χ2v) is 7.79. The zero-order valence-electron chi connectivity index (χ0n) is 16.5. The molecule has 2 aromatic rings.